The van der Waals surface area contributed by atoms with Gasteiger partial charge in [0.1, 0.15) is 0 Å². The molecule has 0 aliphatic carbocycles. The Morgan fingerprint density at radius 2 is 2.10 bits per heavy atom. The zero-order chi connectivity index (χ0) is 15.5. The Labute approximate surface area is 134 Å². The summed E-state index contributed by atoms with van der Waals surface area (Å²) < 4.78 is 0.850. The quantitative estimate of drug-likeness (QED) is 0.853. The normalized spacial score (nSPS) is 18.6. The molecule has 116 valence electrons. The van der Waals surface area contributed by atoms with Crippen LogP contribution < -0.4 is 5.32 Å². The van der Waals surface area contributed by atoms with E-state index >= 15 is 0 Å². The fraction of sp³-hybridized carbons (Fsp3) is 0.562. The Morgan fingerprint density at radius 1 is 1.43 bits per heavy atom. The molecule has 21 heavy (non-hydrogen) atoms. The molecule has 0 saturated carbocycles. The lowest BCUT2D eigenvalue weighted by atomic mass is 9.80. The second kappa shape index (κ2) is 6.90. The molecule has 1 aliphatic rings. The molecule has 0 unspecified atom stereocenters. The van der Waals surface area contributed by atoms with E-state index in [9.17, 15) is 4.79 Å². The number of nitrogens with one attached hydrogen (secondary N) is 1. The lowest BCUT2D eigenvalue weighted by Crippen LogP contribution is -2.41. The summed E-state index contributed by atoms with van der Waals surface area (Å²) in [4.78, 5) is 13.3. The molecule has 2 rings (SSSR count). The topological polar surface area (TPSA) is 52.6 Å². The predicted octanol–water partition coefficient (Wildman–Crippen LogP) is 2.97. The summed E-state index contributed by atoms with van der Waals surface area (Å²) in [5, 5.41) is 12.5. The van der Waals surface area contributed by atoms with Gasteiger partial charge in [-0.3, -0.25) is 0 Å². The SMILES string of the molecule is CN1CCC(C)(CNCc2ccc(C(=O)O)cc2Br)CC1. The zero-order valence-electron chi connectivity index (χ0n) is 12.7. The van der Waals surface area contributed by atoms with E-state index in [1.165, 1.54) is 12.8 Å². The van der Waals surface area contributed by atoms with E-state index in [1.54, 1.807) is 12.1 Å². The maximum Gasteiger partial charge on any atom is 0.335 e. The second-order valence-electron chi connectivity index (χ2n) is 6.33. The average Bonchev–Trinajstić information content (AvgIpc) is 2.44. The van der Waals surface area contributed by atoms with Crippen LogP contribution >= 0.6 is 15.9 Å². The van der Waals surface area contributed by atoms with Gasteiger partial charge in [-0.25, -0.2) is 4.79 Å². The van der Waals surface area contributed by atoms with Crippen molar-refractivity contribution in [1.82, 2.24) is 10.2 Å². The van der Waals surface area contributed by atoms with Gasteiger partial charge in [-0.05, 0) is 56.1 Å². The van der Waals surface area contributed by atoms with Gasteiger partial charge < -0.3 is 15.3 Å². The number of hydrogen-bond donors (Lipinski definition) is 2. The Morgan fingerprint density at radius 3 is 2.67 bits per heavy atom. The fourth-order valence-corrected chi connectivity index (χ4v) is 3.18. The van der Waals surface area contributed by atoms with Crippen molar-refractivity contribution >= 4 is 21.9 Å². The highest BCUT2D eigenvalue weighted by molar-refractivity contribution is 9.10. The third-order valence-corrected chi connectivity index (χ3v) is 5.10. The summed E-state index contributed by atoms with van der Waals surface area (Å²) >= 11 is 3.45. The Kier molecular flexibility index (Phi) is 5.41. The number of rotatable bonds is 5. The Bertz CT molecular complexity index is 511. The maximum atomic E-state index is 10.9. The number of piperidine rings is 1. The fourth-order valence-electron chi connectivity index (χ4n) is 2.66. The van der Waals surface area contributed by atoms with Crippen molar-refractivity contribution in [3.63, 3.8) is 0 Å². The third kappa shape index (κ3) is 4.53. The lowest BCUT2D eigenvalue weighted by molar-refractivity contribution is 0.0697. The zero-order valence-corrected chi connectivity index (χ0v) is 14.2. The van der Waals surface area contributed by atoms with Gasteiger partial charge >= 0.3 is 5.97 Å². The number of hydrogen-bond acceptors (Lipinski definition) is 3. The summed E-state index contributed by atoms with van der Waals surface area (Å²) in [5.74, 6) is -0.894. The lowest BCUT2D eigenvalue weighted by Gasteiger charge is -2.38. The molecule has 1 saturated heterocycles. The number of carboxylic acid groups (broad SMARTS) is 1. The molecule has 1 fully saturated rings. The largest absolute Gasteiger partial charge is 0.478 e. The van der Waals surface area contributed by atoms with Gasteiger partial charge in [0.25, 0.3) is 0 Å². The number of benzene rings is 1. The van der Waals surface area contributed by atoms with Crippen LogP contribution in [0.4, 0.5) is 0 Å². The van der Waals surface area contributed by atoms with Crippen LogP contribution in [0.15, 0.2) is 22.7 Å². The molecule has 0 bridgehead atoms. The maximum absolute atomic E-state index is 10.9. The molecule has 1 heterocycles. The summed E-state index contributed by atoms with van der Waals surface area (Å²) in [6.07, 6.45) is 2.44. The molecule has 1 aromatic carbocycles. The summed E-state index contributed by atoms with van der Waals surface area (Å²) in [5.41, 5.74) is 1.77. The number of nitrogens with zero attached hydrogens (tertiary/aromatic N) is 1. The average molecular weight is 355 g/mol. The van der Waals surface area contributed by atoms with Gasteiger partial charge in [0.2, 0.25) is 0 Å². The molecular weight excluding hydrogens is 332 g/mol. The molecule has 1 aromatic rings. The Hall–Kier alpha value is -0.910. The Balaban J connectivity index is 1.87. The number of aromatic carboxylic acids is 1. The summed E-state index contributed by atoms with van der Waals surface area (Å²) in [6, 6.07) is 5.19. The van der Waals surface area contributed by atoms with Gasteiger partial charge in [0.15, 0.2) is 0 Å². The smallest absolute Gasteiger partial charge is 0.335 e. The van der Waals surface area contributed by atoms with Gasteiger partial charge in [-0.2, -0.15) is 0 Å². The van der Waals surface area contributed by atoms with Gasteiger partial charge in [-0.1, -0.05) is 28.9 Å². The molecule has 5 heteroatoms. The number of carboxylic acids is 1. The number of halogens is 1. The van der Waals surface area contributed by atoms with Gasteiger partial charge in [0, 0.05) is 17.6 Å². The van der Waals surface area contributed by atoms with E-state index in [4.69, 9.17) is 5.11 Å². The molecule has 0 atom stereocenters. The molecule has 0 amide bonds. The van der Waals surface area contributed by atoms with E-state index in [1.807, 2.05) is 6.07 Å². The highest BCUT2D eigenvalue weighted by atomic mass is 79.9. The third-order valence-electron chi connectivity index (χ3n) is 4.36. The predicted molar refractivity (Wildman–Crippen MR) is 87.6 cm³/mol. The van der Waals surface area contributed by atoms with Gasteiger partial charge in [-0.15, -0.1) is 0 Å². The minimum atomic E-state index is -0.894. The highest BCUT2D eigenvalue weighted by Crippen LogP contribution is 2.29. The first-order chi connectivity index (χ1) is 9.89. The first-order valence-electron chi connectivity index (χ1n) is 7.31. The van der Waals surface area contributed by atoms with Crippen LogP contribution in [0.2, 0.25) is 0 Å². The highest BCUT2D eigenvalue weighted by Gasteiger charge is 2.28. The van der Waals surface area contributed by atoms with Crippen molar-refractivity contribution in [2.75, 3.05) is 26.7 Å². The van der Waals surface area contributed by atoms with Crippen LogP contribution in [0, 0.1) is 5.41 Å². The number of likely N-dealkylation sites (tertiary alicyclic amines) is 1. The number of carbonyl (C=O) groups is 1. The molecule has 4 nitrogen and oxygen atoms in total. The van der Waals surface area contributed by atoms with E-state index in [-0.39, 0.29) is 0 Å². The first-order valence-corrected chi connectivity index (χ1v) is 8.10. The van der Waals surface area contributed by atoms with Gasteiger partial charge in [0.05, 0.1) is 5.56 Å². The van der Waals surface area contributed by atoms with E-state index < -0.39 is 5.97 Å². The minimum Gasteiger partial charge on any atom is -0.478 e. The van der Waals surface area contributed by atoms with Crippen molar-refractivity contribution in [2.24, 2.45) is 5.41 Å². The molecule has 0 radical (unpaired) electrons. The molecule has 2 N–H and O–H groups in total. The van der Waals surface area contributed by atoms with Crippen LogP contribution in [0.1, 0.15) is 35.7 Å². The molecular formula is C16H23BrN2O2. The molecule has 1 aliphatic heterocycles. The summed E-state index contributed by atoms with van der Waals surface area (Å²) in [7, 11) is 2.17. The minimum absolute atomic E-state index is 0.313. The van der Waals surface area contributed by atoms with Crippen molar-refractivity contribution < 1.29 is 9.90 Å². The second-order valence-corrected chi connectivity index (χ2v) is 7.18. The first kappa shape index (κ1) is 16.5. The van der Waals surface area contributed by atoms with Crippen molar-refractivity contribution in [2.45, 2.75) is 26.3 Å². The van der Waals surface area contributed by atoms with Crippen LogP contribution in [0.3, 0.4) is 0 Å². The van der Waals surface area contributed by atoms with Crippen molar-refractivity contribution in [3.05, 3.63) is 33.8 Å². The standard InChI is InChI=1S/C16H23BrN2O2/c1-16(5-7-19(2)8-6-16)11-18-10-13-4-3-12(15(20)21)9-14(13)17/h3-4,9,18H,5-8,10-11H2,1-2H3,(H,20,21). The van der Waals surface area contributed by atoms with E-state index in [2.05, 4.69) is 40.1 Å². The van der Waals surface area contributed by atoms with Crippen molar-refractivity contribution in [3.8, 4) is 0 Å². The molecule has 0 spiro atoms. The van der Waals surface area contributed by atoms with Crippen LogP contribution in [-0.4, -0.2) is 42.7 Å². The van der Waals surface area contributed by atoms with E-state index in [0.29, 0.717) is 11.0 Å². The molecule has 0 aromatic heterocycles. The monoisotopic (exact) mass is 354 g/mol. The van der Waals surface area contributed by atoms with Crippen LogP contribution in [0.5, 0.6) is 0 Å². The van der Waals surface area contributed by atoms with Crippen molar-refractivity contribution in [1.29, 1.82) is 0 Å². The summed E-state index contributed by atoms with van der Waals surface area (Å²) in [6.45, 7) is 6.42. The van der Waals surface area contributed by atoms with Crippen LogP contribution in [-0.2, 0) is 6.54 Å². The van der Waals surface area contributed by atoms with E-state index in [0.717, 1.165) is 36.2 Å². The van der Waals surface area contributed by atoms with Crippen LogP contribution in [0.25, 0.3) is 0 Å².